The van der Waals surface area contributed by atoms with Gasteiger partial charge in [0.05, 0.1) is 29.4 Å². The molecule has 1 aliphatic rings. The molecule has 0 atom stereocenters. The number of piperazine rings is 1. The number of rotatable bonds is 3. The second-order valence-corrected chi connectivity index (χ2v) is 6.88. The van der Waals surface area contributed by atoms with E-state index in [4.69, 9.17) is 4.98 Å². The number of aryl methyl sites for hydroxylation is 2. The van der Waals surface area contributed by atoms with E-state index in [-0.39, 0.29) is 0 Å². The molecular weight excluding hydrogens is 310 g/mol. The number of anilines is 1. The van der Waals surface area contributed by atoms with E-state index in [0.717, 1.165) is 49.6 Å². The highest BCUT2D eigenvalue weighted by Crippen LogP contribution is 2.28. The highest BCUT2D eigenvalue weighted by Gasteiger charge is 2.15. The molecule has 0 amide bonds. The largest absolute Gasteiger partial charge is 0.369 e. The maximum atomic E-state index is 4.90. The van der Waals surface area contributed by atoms with Crippen molar-refractivity contribution >= 4 is 16.6 Å². The third-order valence-corrected chi connectivity index (χ3v) is 5.18. The Hall–Kier alpha value is -2.40. The van der Waals surface area contributed by atoms with Gasteiger partial charge in [0, 0.05) is 43.8 Å². The second-order valence-electron chi connectivity index (χ2n) is 6.88. The summed E-state index contributed by atoms with van der Waals surface area (Å²) in [5, 5.41) is 1.24. The average molecular weight is 335 g/mol. The summed E-state index contributed by atoms with van der Waals surface area (Å²) in [7, 11) is 2.19. The minimum atomic E-state index is 0.899. The molecule has 25 heavy (non-hydrogen) atoms. The number of pyridine rings is 1. The molecule has 2 aromatic heterocycles. The second kappa shape index (κ2) is 6.48. The third kappa shape index (κ3) is 3.00. The van der Waals surface area contributed by atoms with E-state index < -0.39 is 0 Å². The van der Waals surface area contributed by atoms with Gasteiger partial charge in [0.15, 0.2) is 0 Å². The van der Waals surface area contributed by atoms with Gasteiger partial charge in [-0.25, -0.2) is 9.97 Å². The average Bonchev–Trinajstić information content (AvgIpc) is 3.11. The van der Waals surface area contributed by atoms with Crippen LogP contribution in [0.15, 0.2) is 36.8 Å². The number of benzene rings is 1. The van der Waals surface area contributed by atoms with Crippen LogP contribution in [0.4, 0.5) is 5.69 Å². The molecule has 0 N–H and O–H groups in total. The molecule has 0 spiro atoms. The lowest BCUT2D eigenvalue weighted by atomic mass is 10.1. The lowest BCUT2D eigenvalue weighted by molar-refractivity contribution is 0.313. The Bertz CT molecular complexity index is 890. The number of aromatic nitrogens is 3. The summed E-state index contributed by atoms with van der Waals surface area (Å²) in [6.45, 7) is 9.61. The van der Waals surface area contributed by atoms with E-state index in [1.54, 1.807) is 0 Å². The van der Waals surface area contributed by atoms with Crippen LogP contribution in [0.3, 0.4) is 0 Å². The zero-order valence-corrected chi connectivity index (χ0v) is 15.2. The van der Waals surface area contributed by atoms with Crippen molar-refractivity contribution < 1.29 is 0 Å². The number of hydrogen-bond acceptors (Lipinski definition) is 4. The number of nitrogens with zero attached hydrogens (tertiary/aromatic N) is 5. The zero-order chi connectivity index (χ0) is 17.4. The number of hydrogen-bond donors (Lipinski definition) is 0. The van der Waals surface area contributed by atoms with Gasteiger partial charge in [-0.05, 0) is 50.7 Å². The summed E-state index contributed by atoms with van der Waals surface area (Å²) in [5.74, 6) is 0. The van der Waals surface area contributed by atoms with Crippen LogP contribution >= 0.6 is 0 Å². The summed E-state index contributed by atoms with van der Waals surface area (Å²) in [4.78, 5) is 14.0. The minimum absolute atomic E-state index is 0.899. The van der Waals surface area contributed by atoms with Gasteiger partial charge in [0.25, 0.3) is 0 Å². The number of imidazole rings is 1. The van der Waals surface area contributed by atoms with Gasteiger partial charge in [-0.15, -0.1) is 0 Å². The number of fused-ring (bicyclic) bond motifs is 1. The predicted octanol–water partition coefficient (Wildman–Crippen LogP) is 3.18. The van der Waals surface area contributed by atoms with Crippen molar-refractivity contribution in [3.63, 3.8) is 0 Å². The number of likely N-dealkylation sites (N-methyl/N-ethyl adjacent to an activating group) is 1. The molecule has 0 bridgehead atoms. The maximum Gasteiger partial charge on any atom is 0.0951 e. The zero-order valence-electron chi connectivity index (χ0n) is 15.2. The van der Waals surface area contributed by atoms with E-state index in [2.05, 4.69) is 64.5 Å². The summed E-state index contributed by atoms with van der Waals surface area (Å²) < 4.78 is 2.13. The molecule has 5 heteroatoms. The molecule has 130 valence electrons. The molecule has 1 saturated heterocycles. The Morgan fingerprint density at radius 3 is 2.64 bits per heavy atom. The fourth-order valence-corrected chi connectivity index (χ4v) is 3.56. The van der Waals surface area contributed by atoms with Crippen molar-refractivity contribution in [3.05, 3.63) is 42.4 Å². The summed E-state index contributed by atoms with van der Waals surface area (Å²) >= 11 is 0. The Labute approximate surface area is 148 Å². The van der Waals surface area contributed by atoms with E-state index in [9.17, 15) is 0 Å². The lowest BCUT2D eigenvalue weighted by Gasteiger charge is -2.34. The van der Waals surface area contributed by atoms with E-state index in [1.165, 1.54) is 16.6 Å². The standard InChI is InChI=1S/C20H25N5/c1-4-24-14-21-13-20(24)19-11-15(2)17-12-16(5-6-18(17)22-19)25-9-7-23(3)8-10-25/h5-6,11-14H,4,7-10H2,1-3H3. The Balaban J connectivity index is 1.72. The van der Waals surface area contributed by atoms with E-state index in [1.807, 2.05) is 12.5 Å². The summed E-state index contributed by atoms with van der Waals surface area (Å²) in [6.07, 6.45) is 3.77. The fourth-order valence-electron chi connectivity index (χ4n) is 3.56. The van der Waals surface area contributed by atoms with Crippen molar-refractivity contribution in [1.82, 2.24) is 19.4 Å². The third-order valence-electron chi connectivity index (χ3n) is 5.18. The Morgan fingerprint density at radius 2 is 1.88 bits per heavy atom. The van der Waals surface area contributed by atoms with Crippen LogP contribution in [0.5, 0.6) is 0 Å². The van der Waals surface area contributed by atoms with Crippen molar-refractivity contribution in [2.75, 3.05) is 38.1 Å². The van der Waals surface area contributed by atoms with Crippen molar-refractivity contribution in [3.8, 4) is 11.4 Å². The van der Waals surface area contributed by atoms with Gasteiger partial charge in [0.2, 0.25) is 0 Å². The predicted molar refractivity (Wildman–Crippen MR) is 103 cm³/mol. The molecule has 0 unspecified atom stereocenters. The summed E-state index contributed by atoms with van der Waals surface area (Å²) in [5.41, 5.74) is 5.70. The van der Waals surface area contributed by atoms with Crippen LogP contribution in [0, 0.1) is 6.92 Å². The van der Waals surface area contributed by atoms with Gasteiger partial charge in [-0.2, -0.15) is 0 Å². The quantitative estimate of drug-likeness (QED) is 0.737. The first kappa shape index (κ1) is 16.1. The first-order valence-electron chi connectivity index (χ1n) is 9.01. The molecule has 0 radical (unpaired) electrons. The first-order valence-corrected chi connectivity index (χ1v) is 9.01. The van der Waals surface area contributed by atoms with Gasteiger partial charge < -0.3 is 14.4 Å². The highest BCUT2D eigenvalue weighted by atomic mass is 15.2. The summed E-state index contributed by atoms with van der Waals surface area (Å²) in [6, 6.07) is 8.84. The topological polar surface area (TPSA) is 37.2 Å². The van der Waals surface area contributed by atoms with Crippen LogP contribution < -0.4 is 4.90 Å². The molecule has 3 heterocycles. The van der Waals surface area contributed by atoms with Gasteiger partial charge in [0.1, 0.15) is 0 Å². The van der Waals surface area contributed by atoms with Crippen LogP contribution in [0.1, 0.15) is 12.5 Å². The van der Waals surface area contributed by atoms with Crippen LogP contribution in [0.25, 0.3) is 22.3 Å². The molecular formula is C20H25N5. The SMILES string of the molecule is CCn1cncc1-c1cc(C)c2cc(N3CCN(C)CC3)ccc2n1. The molecule has 1 aromatic carbocycles. The van der Waals surface area contributed by atoms with E-state index >= 15 is 0 Å². The van der Waals surface area contributed by atoms with Crippen LogP contribution in [0.2, 0.25) is 0 Å². The Morgan fingerprint density at radius 1 is 1.08 bits per heavy atom. The molecule has 4 rings (SSSR count). The molecule has 5 nitrogen and oxygen atoms in total. The normalized spacial score (nSPS) is 15.9. The molecule has 0 saturated carbocycles. The van der Waals surface area contributed by atoms with Crippen LogP contribution in [-0.2, 0) is 6.54 Å². The van der Waals surface area contributed by atoms with Crippen molar-refractivity contribution in [2.24, 2.45) is 0 Å². The molecule has 1 aliphatic heterocycles. The highest BCUT2D eigenvalue weighted by molar-refractivity contribution is 5.87. The fraction of sp³-hybridized carbons (Fsp3) is 0.400. The van der Waals surface area contributed by atoms with Gasteiger partial charge in [-0.3, -0.25) is 0 Å². The van der Waals surface area contributed by atoms with Crippen LogP contribution in [-0.4, -0.2) is 52.7 Å². The smallest absolute Gasteiger partial charge is 0.0951 e. The molecule has 0 aliphatic carbocycles. The minimum Gasteiger partial charge on any atom is -0.369 e. The Kier molecular flexibility index (Phi) is 4.17. The molecule has 1 fully saturated rings. The van der Waals surface area contributed by atoms with Gasteiger partial charge >= 0.3 is 0 Å². The molecule has 3 aromatic rings. The van der Waals surface area contributed by atoms with Gasteiger partial charge in [-0.1, -0.05) is 0 Å². The maximum absolute atomic E-state index is 4.90. The van der Waals surface area contributed by atoms with Crippen molar-refractivity contribution in [1.29, 1.82) is 0 Å². The van der Waals surface area contributed by atoms with Crippen molar-refractivity contribution in [2.45, 2.75) is 20.4 Å². The monoisotopic (exact) mass is 335 g/mol. The first-order chi connectivity index (χ1) is 12.2. The lowest BCUT2D eigenvalue weighted by Crippen LogP contribution is -2.44. The van der Waals surface area contributed by atoms with E-state index in [0.29, 0.717) is 0 Å².